The monoisotopic (exact) mass is 258 g/mol. The molecule has 0 heterocycles. The average Bonchev–Trinajstić information content (AvgIpc) is 2.20. The van der Waals surface area contributed by atoms with Crippen LogP contribution in [0.15, 0.2) is 0 Å². The van der Waals surface area contributed by atoms with Crippen LogP contribution in [0.2, 0.25) is 0 Å². The van der Waals surface area contributed by atoms with Gasteiger partial charge in [0.25, 0.3) is 0 Å². The lowest BCUT2D eigenvalue weighted by Gasteiger charge is -2.31. The van der Waals surface area contributed by atoms with Crippen LogP contribution < -0.4 is 5.73 Å². The van der Waals surface area contributed by atoms with Gasteiger partial charge in [0.15, 0.2) is 0 Å². The van der Waals surface area contributed by atoms with E-state index in [1.807, 2.05) is 0 Å². The molecule has 0 saturated carbocycles. The van der Waals surface area contributed by atoms with Crippen molar-refractivity contribution < 1.29 is 9.90 Å². The summed E-state index contributed by atoms with van der Waals surface area (Å²) in [5, 5.41) is 9.25. The second kappa shape index (κ2) is 7.74. The maximum Gasteiger partial charge on any atom is 0.222 e. The molecule has 0 spiro atoms. The first-order valence-electron chi connectivity index (χ1n) is 6.80. The predicted octanol–water partition coefficient (Wildman–Crippen LogP) is 1.62. The zero-order valence-electron chi connectivity index (χ0n) is 12.6. The second-order valence-corrected chi connectivity index (χ2v) is 6.30. The number of carbonyl (C=O) groups excluding carboxylic acids is 1. The lowest BCUT2D eigenvalue weighted by atomic mass is 9.76. The third kappa shape index (κ3) is 6.97. The van der Waals surface area contributed by atoms with Gasteiger partial charge in [-0.05, 0) is 37.6 Å². The highest BCUT2D eigenvalue weighted by molar-refractivity contribution is 5.75. The van der Waals surface area contributed by atoms with Crippen molar-refractivity contribution in [3.63, 3.8) is 0 Å². The van der Waals surface area contributed by atoms with Gasteiger partial charge in [-0.15, -0.1) is 0 Å². The number of nitrogens with zero attached hydrogens (tertiary/aromatic N) is 1. The molecule has 0 aliphatic carbocycles. The summed E-state index contributed by atoms with van der Waals surface area (Å²) in [6, 6.07) is 0. The third-order valence-corrected chi connectivity index (χ3v) is 3.41. The van der Waals surface area contributed by atoms with Gasteiger partial charge in [-0.3, -0.25) is 4.79 Å². The summed E-state index contributed by atoms with van der Waals surface area (Å²) in [5.41, 5.74) is 5.81. The van der Waals surface area contributed by atoms with Crippen LogP contribution in [0.4, 0.5) is 0 Å². The van der Waals surface area contributed by atoms with Gasteiger partial charge in [-0.2, -0.15) is 0 Å². The van der Waals surface area contributed by atoms with E-state index in [4.69, 9.17) is 5.73 Å². The lowest BCUT2D eigenvalue weighted by molar-refractivity contribution is -0.131. The maximum absolute atomic E-state index is 11.9. The first-order chi connectivity index (χ1) is 8.18. The Bertz CT molecular complexity index is 247. The molecular weight excluding hydrogens is 228 g/mol. The first-order valence-corrected chi connectivity index (χ1v) is 6.80. The molecule has 0 aromatic rings. The van der Waals surface area contributed by atoms with Crippen LogP contribution in [-0.2, 0) is 4.79 Å². The number of rotatable bonds is 7. The summed E-state index contributed by atoms with van der Waals surface area (Å²) in [6.45, 7) is 9.33. The van der Waals surface area contributed by atoms with E-state index in [2.05, 4.69) is 20.8 Å². The first kappa shape index (κ1) is 17.4. The van der Waals surface area contributed by atoms with Crippen molar-refractivity contribution in [3.8, 4) is 0 Å². The van der Waals surface area contributed by atoms with Crippen molar-refractivity contribution in [2.75, 3.05) is 20.1 Å². The van der Waals surface area contributed by atoms with E-state index < -0.39 is 6.10 Å². The summed E-state index contributed by atoms with van der Waals surface area (Å²) in [6.07, 6.45) is 1.88. The molecule has 18 heavy (non-hydrogen) atoms. The zero-order valence-corrected chi connectivity index (χ0v) is 12.6. The van der Waals surface area contributed by atoms with Gasteiger partial charge in [0, 0.05) is 20.0 Å². The number of amides is 1. The standard InChI is InChI=1S/C14H30N2O2/c1-11(17)10-16(5)13(18)7-6-12(8-9-15)14(2,3)4/h11-12,17H,6-10,15H2,1-5H3. The fourth-order valence-electron chi connectivity index (χ4n) is 2.20. The van der Waals surface area contributed by atoms with Crippen molar-refractivity contribution in [3.05, 3.63) is 0 Å². The number of nitrogens with two attached hydrogens (primary N) is 1. The molecule has 0 aromatic heterocycles. The Morgan fingerprint density at radius 2 is 1.89 bits per heavy atom. The Balaban J connectivity index is 4.23. The molecule has 2 unspecified atom stereocenters. The summed E-state index contributed by atoms with van der Waals surface area (Å²) in [5.74, 6) is 0.563. The molecule has 3 N–H and O–H groups in total. The Morgan fingerprint density at radius 3 is 2.28 bits per heavy atom. The van der Waals surface area contributed by atoms with Crippen LogP contribution >= 0.6 is 0 Å². The van der Waals surface area contributed by atoms with E-state index in [1.54, 1.807) is 18.9 Å². The quantitative estimate of drug-likeness (QED) is 0.729. The Labute approximate surface area is 112 Å². The molecule has 1 amide bonds. The van der Waals surface area contributed by atoms with Gasteiger partial charge < -0.3 is 15.7 Å². The maximum atomic E-state index is 11.9. The molecule has 0 rings (SSSR count). The lowest BCUT2D eigenvalue weighted by Crippen LogP contribution is -2.34. The number of carbonyl (C=O) groups is 1. The normalized spacial score (nSPS) is 15.3. The summed E-state index contributed by atoms with van der Waals surface area (Å²) >= 11 is 0. The van der Waals surface area contributed by atoms with Crippen molar-refractivity contribution in [2.24, 2.45) is 17.1 Å². The number of hydrogen-bond donors (Lipinski definition) is 2. The van der Waals surface area contributed by atoms with Crippen LogP contribution in [0.5, 0.6) is 0 Å². The van der Waals surface area contributed by atoms with E-state index >= 15 is 0 Å². The Kier molecular flexibility index (Phi) is 7.48. The number of aliphatic hydroxyl groups is 1. The van der Waals surface area contributed by atoms with Crippen LogP contribution in [0.1, 0.15) is 47.0 Å². The molecular formula is C14H30N2O2. The Hall–Kier alpha value is -0.610. The van der Waals surface area contributed by atoms with E-state index in [1.165, 1.54) is 0 Å². The molecule has 0 aliphatic heterocycles. The van der Waals surface area contributed by atoms with E-state index in [0.29, 0.717) is 25.4 Å². The van der Waals surface area contributed by atoms with Crippen LogP contribution in [-0.4, -0.2) is 42.2 Å². The van der Waals surface area contributed by atoms with Crippen LogP contribution in [0.3, 0.4) is 0 Å². The van der Waals surface area contributed by atoms with E-state index in [-0.39, 0.29) is 11.3 Å². The number of aliphatic hydroxyl groups excluding tert-OH is 1. The molecule has 0 fully saturated rings. The fourth-order valence-corrected chi connectivity index (χ4v) is 2.20. The van der Waals surface area contributed by atoms with Gasteiger partial charge in [0.2, 0.25) is 5.91 Å². The molecule has 0 bridgehead atoms. The SMILES string of the molecule is CC(O)CN(C)C(=O)CCC(CCN)C(C)(C)C. The average molecular weight is 258 g/mol. The van der Waals surface area contributed by atoms with Crippen molar-refractivity contribution in [1.82, 2.24) is 4.90 Å². The van der Waals surface area contributed by atoms with E-state index in [9.17, 15) is 9.90 Å². The highest BCUT2D eigenvalue weighted by Gasteiger charge is 2.25. The molecule has 0 aromatic carbocycles. The topological polar surface area (TPSA) is 66.6 Å². The highest BCUT2D eigenvalue weighted by atomic mass is 16.3. The minimum atomic E-state index is -0.471. The molecule has 0 radical (unpaired) electrons. The predicted molar refractivity (Wildman–Crippen MR) is 75.2 cm³/mol. The third-order valence-electron chi connectivity index (χ3n) is 3.41. The minimum absolute atomic E-state index is 0.0992. The van der Waals surface area contributed by atoms with Crippen molar-refractivity contribution in [2.45, 2.75) is 53.1 Å². The molecule has 4 nitrogen and oxygen atoms in total. The second-order valence-electron chi connectivity index (χ2n) is 6.30. The van der Waals surface area contributed by atoms with Crippen molar-refractivity contribution >= 4 is 5.91 Å². The molecule has 0 aliphatic rings. The smallest absolute Gasteiger partial charge is 0.222 e. The highest BCUT2D eigenvalue weighted by Crippen LogP contribution is 2.32. The van der Waals surface area contributed by atoms with Gasteiger partial charge in [-0.25, -0.2) is 0 Å². The van der Waals surface area contributed by atoms with Gasteiger partial charge in [0.05, 0.1) is 6.10 Å². The van der Waals surface area contributed by atoms with Gasteiger partial charge in [-0.1, -0.05) is 20.8 Å². The van der Waals surface area contributed by atoms with E-state index in [0.717, 1.165) is 12.8 Å². The zero-order chi connectivity index (χ0) is 14.3. The number of likely N-dealkylation sites (N-methyl/N-ethyl adjacent to an activating group) is 1. The van der Waals surface area contributed by atoms with Gasteiger partial charge in [0.1, 0.15) is 0 Å². The van der Waals surface area contributed by atoms with Crippen LogP contribution in [0.25, 0.3) is 0 Å². The fraction of sp³-hybridized carbons (Fsp3) is 0.929. The minimum Gasteiger partial charge on any atom is -0.392 e. The van der Waals surface area contributed by atoms with Crippen molar-refractivity contribution in [1.29, 1.82) is 0 Å². The summed E-state index contributed by atoms with van der Waals surface area (Å²) in [7, 11) is 1.74. The number of hydrogen-bond acceptors (Lipinski definition) is 3. The Morgan fingerprint density at radius 1 is 1.33 bits per heavy atom. The molecule has 0 saturated heterocycles. The summed E-state index contributed by atoms with van der Waals surface area (Å²) < 4.78 is 0. The molecule has 108 valence electrons. The summed E-state index contributed by atoms with van der Waals surface area (Å²) in [4.78, 5) is 13.5. The molecule has 2 atom stereocenters. The van der Waals surface area contributed by atoms with Crippen LogP contribution in [0, 0.1) is 11.3 Å². The molecule has 4 heteroatoms. The largest absolute Gasteiger partial charge is 0.392 e. The van der Waals surface area contributed by atoms with Gasteiger partial charge >= 0.3 is 0 Å².